The lowest BCUT2D eigenvalue weighted by atomic mass is 10.1. The minimum absolute atomic E-state index is 0.0803. The van der Waals surface area contributed by atoms with Crippen molar-refractivity contribution in [2.45, 2.75) is 26.4 Å². The third-order valence-electron chi connectivity index (χ3n) is 3.70. The third-order valence-corrected chi connectivity index (χ3v) is 4.59. The highest BCUT2D eigenvalue weighted by atomic mass is 32.1. The monoisotopic (exact) mass is 328 g/mol. The van der Waals surface area contributed by atoms with Crippen LogP contribution < -0.4 is 11.2 Å². The smallest absolute Gasteiger partial charge is 0.292 e. The van der Waals surface area contributed by atoms with Gasteiger partial charge in [0.25, 0.3) is 5.56 Å². The van der Waals surface area contributed by atoms with Gasteiger partial charge in [0.2, 0.25) is 0 Å². The number of thiophene rings is 1. The zero-order valence-electron chi connectivity index (χ0n) is 12.9. The van der Waals surface area contributed by atoms with Crippen molar-refractivity contribution >= 4 is 27.3 Å². The largest absolute Gasteiger partial charge is 0.332 e. The maximum atomic E-state index is 12.7. The number of benzene rings is 1. The van der Waals surface area contributed by atoms with Crippen molar-refractivity contribution in [2.75, 3.05) is 0 Å². The molecule has 118 valence electrons. The summed E-state index contributed by atoms with van der Waals surface area (Å²) in [5, 5.41) is 1.76. The Hall–Kier alpha value is -2.47. The lowest BCUT2D eigenvalue weighted by molar-refractivity contribution is 0.0971. The topological polar surface area (TPSA) is 61.1 Å². The Morgan fingerprint density at radius 2 is 1.83 bits per heavy atom. The lowest BCUT2D eigenvalue weighted by Gasteiger charge is -2.14. The van der Waals surface area contributed by atoms with Crippen LogP contribution in [0.2, 0.25) is 0 Å². The highest BCUT2D eigenvalue weighted by Crippen LogP contribution is 2.16. The molecule has 23 heavy (non-hydrogen) atoms. The van der Waals surface area contributed by atoms with Gasteiger partial charge in [0.15, 0.2) is 5.78 Å². The van der Waals surface area contributed by atoms with E-state index < -0.39 is 5.69 Å². The molecule has 0 atom stereocenters. The molecule has 0 spiro atoms. The summed E-state index contributed by atoms with van der Waals surface area (Å²) in [5.74, 6) is -0.158. The van der Waals surface area contributed by atoms with Crippen LogP contribution in [0.5, 0.6) is 0 Å². The summed E-state index contributed by atoms with van der Waals surface area (Å²) in [6.45, 7) is 3.49. The molecule has 0 aliphatic carbocycles. The van der Waals surface area contributed by atoms with Crippen LogP contribution in [0.25, 0.3) is 10.2 Å². The molecular weight excluding hydrogens is 312 g/mol. The summed E-state index contributed by atoms with van der Waals surface area (Å²) in [6, 6.07) is 10.3. The number of rotatable bonds is 4. The van der Waals surface area contributed by atoms with Crippen LogP contribution in [0.3, 0.4) is 0 Å². The van der Waals surface area contributed by atoms with Gasteiger partial charge in [0, 0.05) is 11.6 Å². The predicted molar refractivity (Wildman–Crippen MR) is 91.5 cm³/mol. The SMILES string of the molecule is CC(C)n1c(=O)c2sccc2n(CC(=O)c2ccccc2)c1=O. The van der Waals surface area contributed by atoms with Crippen molar-refractivity contribution in [3.63, 3.8) is 0 Å². The molecule has 2 heterocycles. The number of nitrogens with zero attached hydrogens (tertiary/aromatic N) is 2. The Kier molecular flexibility index (Phi) is 4.00. The van der Waals surface area contributed by atoms with E-state index in [9.17, 15) is 14.4 Å². The quantitative estimate of drug-likeness (QED) is 0.692. The molecule has 0 amide bonds. The molecule has 0 N–H and O–H groups in total. The van der Waals surface area contributed by atoms with Crippen LogP contribution in [0.4, 0.5) is 0 Å². The molecular formula is C17H16N2O3S. The van der Waals surface area contributed by atoms with Gasteiger partial charge in [-0.3, -0.25) is 18.7 Å². The van der Waals surface area contributed by atoms with Gasteiger partial charge in [-0.15, -0.1) is 11.3 Å². The molecule has 3 aromatic rings. The van der Waals surface area contributed by atoms with Gasteiger partial charge in [0.1, 0.15) is 4.70 Å². The van der Waals surface area contributed by atoms with E-state index in [4.69, 9.17) is 0 Å². The highest BCUT2D eigenvalue weighted by molar-refractivity contribution is 7.17. The molecule has 0 saturated carbocycles. The van der Waals surface area contributed by atoms with E-state index in [1.54, 1.807) is 49.6 Å². The molecule has 1 aromatic carbocycles. The summed E-state index contributed by atoms with van der Waals surface area (Å²) in [5.41, 5.74) is 0.329. The Labute approximate surface area is 136 Å². The molecule has 0 unspecified atom stereocenters. The minimum Gasteiger partial charge on any atom is -0.292 e. The summed E-state index contributed by atoms with van der Waals surface area (Å²) in [6.07, 6.45) is 0. The Morgan fingerprint density at radius 1 is 1.13 bits per heavy atom. The third kappa shape index (κ3) is 2.66. The van der Waals surface area contributed by atoms with E-state index >= 15 is 0 Å². The Bertz CT molecular complexity index is 980. The zero-order chi connectivity index (χ0) is 16.6. The maximum absolute atomic E-state index is 12.7. The Morgan fingerprint density at radius 3 is 2.48 bits per heavy atom. The van der Waals surface area contributed by atoms with E-state index in [1.807, 2.05) is 6.07 Å². The molecule has 5 nitrogen and oxygen atoms in total. The van der Waals surface area contributed by atoms with Crippen molar-refractivity contribution in [1.29, 1.82) is 0 Å². The average Bonchev–Trinajstić information content (AvgIpc) is 3.01. The van der Waals surface area contributed by atoms with Crippen LogP contribution in [0.1, 0.15) is 30.2 Å². The van der Waals surface area contributed by atoms with Crippen LogP contribution >= 0.6 is 11.3 Å². The molecule has 0 fully saturated rings. The fourth-order valence-corrected chi connectivity index (χ4v) is 3.40. The first-order chi connectivity index (χ1) is 11.0. The second-order valence-electron chi connectivity index (χ2n) is 5.56. The van der Waals surface area contributed by atoms with Crippen LogP contribution in [0.15, 0.2) is 51.4 Å². The van der Waals surface area contributed by atoms with Gasteiger partial charge in [-0.1, -0.05) is 30.3 Å². The van der Waals surface area contributed by atoms with Gasteiger partial charge in [-0.25, -0.2) is 4.79 Å². The van der Waals surface area contributed by atoms with E-state index in [1.165, 1.54) is 20.5 Å². The number of aromatic nitrogens is 2. The maximum Gasteiger partial charge on any atom is 0.332 e. The summed E-state index contributed by atoms with van der Waals surface area (Å²) in [7, 11) is 0. The predicted octanol–water partition coefficient (Wildman–Crippen LogP) is 2.69. The lowest BCUT2D eigenvalue weighted by Crippen LogP contribution is -2.41. The first-order valence-corrected chi connectivity index (χ1v) is 8.19. The second kappa shape index (κ2) is 5.96. The van der Waals surface area contributed by atoms with Crippen LogP contribution in [0, 0.1) is 0 Å². The average molecular weight is 328 g/mol. The van der Waals surface area contributed by atoms with Crippen molar-refractivity contribution < 1.29 is 4.79 Å². The first kappa shape index (κ1) is 15.4. The van der Waals surface area contributed by atoms with E-state index in [0.29, 0.717) is 15.8 Å². The van der Waals surface area contributed by atoms with E-state index in [2.05, 4.69) is 0 Å². The second-order valence-corrected chi connectivity index (χ2v) is 6.48. The fraction of sp³-hybridized carbons (Fsp3) is 0.235. The molecule has 0 bridgehead atoms. The molecule has 3 rings (SSSR count). The Balaban J connectivity index is 2.18. The number of carbonyl (C=O) groups excluding carboxylic acids is 1. The number of hydrogen-bond donors (Lipinski definition) is 0. The van der Waals surface area contributed by atoms with Gasteiger partial charge in [-0.2, -0.15) is 0 Å². The van der Waals surface area contributed by atoms with E-state index in [-0.39, 0.29) is 23.9 Å². The highest BCUT2D eigenvalue weighted by Gasteiger charge is 2.18. The van der Waals surface area contributed by atoms with Crippen molar-refractivity contribution in [3.8, 4) is 0 Å². The van der Waals surface area contributed by atoms with Crippen LogP contribution in [-0.4, -0.2) is 14.9 Å². The van der Waals surface area contributed by atoms with Crippen molar-refractivity contribution in [2.24, 2.45) is 0 Å². The number of Topliss-reactive ketones (excluding diaryl/α,β-unsaturated/α-hetero) is 1. The van der Waals surface area contributed by atoms with Gasteiger partial charge in [-0.05, 0) is 25.3 Å². The molecule has 0 aliphatic rings. The van der Waals surface area contributed by atoms with Gasteiger partial charge in [0.05, 0.1) is 12.1 Å². The standard InChI is InChI=1S/C17H16N2O3S/c1-11(2)19-16(21)15-13(8-9-23-15)18(17(19)22)10-14(20)12-6-4-3-5-7-12/h3-9,11H,10H2,1-2H3. The summed E-state index contributed by atoms with van der Waals surface area (Å²) < 4.78 is 3.10. The first-order valence-electron chi connectivity index (χ1n) is 7.31. The molecule has 0 radical (unpaired) electrons. The molecule has 0 aliphatic heterocycles. The van der Waals surface area contributed by atoms with Crippen molar-refractivity contribution in [1.82, 2.24) is 9.13 Å². The van der Waals surface area contributed by atoms with Crippen LogP contribution in [-0.2, 0) is 6.54 Å². The number of carbonyl (C=O) groups is 1. The zero-order valence-corrected chi connectivity index (χ0v) is 13.7. The van der Waals surface area contributed by atoms with E-state index in [0.717, 1.165) is 0 Å². The van der Waals surface area contributed by atoms with Gasteiger partial charge >= 0.3 is 5.69 Å². The minimum atomic E-state index is -0.444. The summed E-state index contributed by atoms with van der Waals surface area (Å²) >= 11 is 1.29. The van der Waals surface area contributed by atoms with Gasteiger partial charge < -0.3 is 0 Å². The normalized spacial score (nSPS) is 11.3. The number of hydrogen-bond acceptors (Lipinski definition) is 4. The molecule has 2 aromatic heterocycles. The molecule has 6 heteroatoms. The fourth-order valence-electron chi connectivity index (χ4n) is 2.57. The number of fused-ring (bicyclic) bond motifs is 1. The number of ketones is 1. The molecule has 0 saturated heterocycles. The summed E-state index contributed by atoms with van der Waals surface area (Å²) in [4.78, 5) is 37.6. The van der Waals surface area contributed by atoms with Crippen molar-refractivity contribution in [3.05, 3.63) is 68.2 Å².